The van der Waals surface area contributed by atoms with Gasteiger partial charge >= 0.3 is 17.9 Å². The lowest BCUT2D eigenvalue weighted by Gasteiger charge is -2.18. The largest absolute Gasteiger partial charge is 0.462 e. The molecule has 0 heterocycles. The van der Waals surface area contributed by atoms with Gasteiger partial charge in [-0.2, -0.15) is 0 Å². The van der Waals surface area contributed by atoms with Crippen LogP contribution in [0.2, 0.25) is 0 Å². The van der Waals surface area contributed by atoms with Crippen molar-refractivity contribution in [2.75, 3.05) is 13.2 Å². The Labute approximate surface area is 350 Å². The average Bonchev–Trinajstić information content (AvgIpc) is 3.21. The molecule has 57 heavy (non-hydrogen) atoms. The molecule has 6 heteroatoms. The van der Waals surface area contributed by atoms with Crippen molar-refractivity contribution in [2.45, 2.75) is 207 Å². The van der Waals surface area contributed by atoms with Gasteiger partial charge in [-0.1, -0.05) is 164 Å². The predicted octanol–water partition coefficient (Wildman–Crippen LogP) is 14.9. The molecule has 6 nitrogen and oxygen atoms in total. The molecule has 0 aliphatic rings. The van der Waals surface area contributed by atoms with E-state index in [1.807, 2.05) is 0 Å². The smallest absolute Gasteiger partial charge is 0.306 e. The molecule has 0 saturated heterocycles. The Balaban J connectivity index is 4.43. The Hall–Kier alpha value is -3.41. The highest BCUT2D eigenvalue weighted by Crippen LogP contribution is 2.13. The molecule has 0 aliphatic carbocycles. The maximum atomic E-state index is 12.7. The lowest BCUT2D eigenvalue weighted by atomic mass is 10.1. The minimum absolute atomic E-state index is 0.0954. The summed E-state index contributed by atoms with van der Waals surface area (Å²) in [5.41, 5.74) is 0. The van der Waals surface area contributed by atoms with Gasteiger partial charge in [0.25, 0.3) is 0 Å². The van der Waals surface area contributed by atoms with Gasteiger partial charge in [-0.15, -0.1) is 0 Å². The first-order chi connectivity index (χ1) is 28.0. The van der Waals surface area contributed by atoms with Gasteiger partial charge in [0, 0.05) is 19.3 Å². The SMILES string of the molecule is CCC=CCC=CCC=CCCCCCCCC(=O)OCC(COC(=O)CCCCCCCC=CCC)OC(=O)CCCCCCCC=CCC=CCC=CCC. The summed E-state index contributed by atoms with van der Waals surface area (Å²) in [5.74, 6) is -0.949. The normalized spacial score (nSPS) is 12.8. The summed E-state index contributed by atoms with van der Waals surface area (Å²) in [6.45, 7) is 6.25. The average molecular weight is 793 g/mol. The molecule has 0 aliphatic heterocycles. The van der Waals surface area contributed by atoms with Gasteiger partial charge < -0.3 is 14.2 Å². The molecule has 0 N–H and O–H groups in total. The van der Waals surface area contributed by atoms with E-state index in [0.717, 1.165) is 154 Å². The van der Waals surface area contributed by atoms with Crippen molar-refractivity contribution in [2.24, 2.45) is 0 Å². The van der Waals surface area contributed by atoms with E-state index in [2.05, 4.69) is 106 Å². The summed E-state index contributed by atoms with van der Waals surface area (Å²) in [5, 5.41) is 0. The van der Waals surface area contributed by atoms with Gasteiger partial charge in [-0.3, -0.25) is 14.4 Å². The van der Waals surface area contributed by atoms with Crippen molar-refractivity contribution in [1.29, 1.82) is 0 Å². The zero-order valence-corrected chi connectivity index (χ0v) is 36.8. The second kappa shape index (κ2) is 45.3. The second-order valence-corrected chi connectivity index (χ2v) is 14.9. The minimum atomic E-state index is -0.794. The van der Waals surface area contributed by atoms with Crippen molar-refractivity contribution >= 4 is 17.9 Å². The van der Waals surface area contributed by atoms with Crippen LogP contribution in [0.15, 0.2) is 85.1 Å². The van der Waals surface area contributed by atoms with E-state index in [1.54, 1.807) is 0 Å². The molecule has 0 saturated carbocycles. The van der Waals surface area contributed by atoms with Crippen LogP contribution in [0.3, 0.4) is 0 Å². The van der Waals surface area contributed by atoms with Crippen LogP contribution < -0.4 is 0 Å². The number of carbonyl (C=O) groups excluding carboxylic acids is 3. The third kappa shape index (κ3) is 43.6. The Morgan fingerprint density at radius 2 is 0.632 bits per heavy atom. The molecular weight excluding hydrogens is 709 g/mol. The molecule has 0 radical (unpaired) electrons. The van der Waals surface area contributed by atoms with E-state index in [0.29, 0.717) is 19.3 Å². The number of ether oxygens (including phenoxy) is 3. The quantitative estimate of drug-likeness (QED) is 0.0266. The van der Waals surface area contributed by atoms with Crippen molar-refractivity contribution in [3.05, 3.63) is 85.1 Å². The summed E-state index contributed by atoms with van der Waals surface area (Å²) < 4.78 is 16.7. The molecule has 0 spiro atoms. The summed E-state index contributed by atoms with van der Waals surface area (Å²) in [6, 6.07) is 0. The molecule has 1 unspecified atom stereocenters. The highest BCUT2D eigenvalue weighted by Gasteiger charge is 2.19. The molecule has 0 rings (SSSR count). The van der Waals surface area contributed by atoms with Crippen LogP contribution in [0.1, 0.15) is 201 Å². The first kappa shape index (κ1) is 53.6. The number of rotatable bonds is 40. The minimum Gasteiger partial charge on any atom is -0.462 e. The molecule has 0 aromatic carbocycles. The molecule has 324 valence electrons. The number of hydrogen-bond acceptors (Lipinski definition) is 6. The van der Waals surface area contributed by atoms with E-state index < -0.39 is 6.10 Å². The molecule has 1 atom stereocenters. The highest BCUT2D eigenvalue weighted by atomic mass is 16.6. The summed E-state index contributed by atoms with van der Waals surface area (Å²) in [7, 11) is 0. The van der Waals surface area contributed by atoms with Crippen molar-refractivity contribution in [1.82, 2.24) is 0 Å². The third-order valence-electron chi connectivity index (χ3n) is 9.38. The van der Waals surface area contributed by atoms with Crippen LogP contribution in [0.5, 0.6) is 0 Å². The Morgan fingerprint density at radius 1 is 0.351 bits per heavy atom. The van der Waals surface area contributed by atoms with Crippen LogP contribution in [-0.2, 0) is 28.6 Å². The maximum absolute atomic E-state index is 12.7. The Morgan fingerprint density at radius 3 is 1.02 bits per heavy atom. The lowest BCUT2D eigenvalue weighted by Crippen LogP contribution is -2.30. The lowest BCUT2D eigenvalue weighted by molar-refractivity contribution is -0.167. The van der Waals surface area contributed by atoms with Crippen LogP contribution in [0.25, 0.3) is 0 Å². The van der Waals surface area contributed by atoms with Gasteiger partial charge in [0.05, 0.1) is 0 Å². The molecule has 0 aromatic heterocycles. The number of unbranched alkanes of at least 4 members (excludes halogenated alkanes) is 15. The number of esters is 3. The van der Waals surface area contributed by atoms with Gasteiger partial charge in [-0.25, -0.2) is 0 Å². The van der Waals surface area contributed by atoms with Gasteiger partial charge in [-0.05, 0) is 103 Å². The topological polar surface area (TPSA) is 78.9 Å². The predicted molar refractivity (Wildman–Crippen MR) is 242 cm³/mol. The molecular formula is C51H84O6. The van der Waals surface area contributed by atoms with E-state index in [-0.39, 0.29) is 31.1 Å². The van der Waals surface area contributed by atoms with E-state index in [9.17, 15) is 14.4 Å². The molecule has 0 bridgehead atoms. The summed E-state index contributed by atoms with van der Waals surface area (Å²) in [4.78, 5) is 37.7. The number of hydrogen-bond donors (Lipinski definition) is 0. The standard InChI is InChI=1S/C51H84O6/c1-4-7-10-13-16-19-21-23-25-27-29-32-35-38-41-44-50(53)56-47-48(46-55-49(52)43-40-37-34-31-18-15-12-9-6-3)57-51(54)45-42-39-36-33-30-28-26-24-22-20-17-14-11-8-5-2/h7-12,16-17,19-20,23-26,48H,4-6,13-15,18,21-22,27-47H2,1-3H3. The van der Waals surface area contributed by atoms with Crippen LogP contribution in [-0.4, -0.2) is 37.2 Å². The van der Waals surface area contributed by atoms with Crippen molar-refractivity contribution < 1.29 is 28.6 Å². The Kier molecular flexibility index (Phi) is 42.6. The zero-order valence-electron chi connectivity index (χ0n) is 36.8. The third-order valence-corrected chi connectivity index (χ3v) is 9.38. The number of carbonyl (C=O) groups is 3. The van der Waals surface area contributed by atoms with Gasteiger partial charge in [0.1, 0.15) is 13.2 Å². The van der Waals surface area contributed by atoms with E-state index >= 15 is 0 Å². The monoisotopic (exact) mass is 793 g/mol. The fraction of sp³-hybridized carbons (Fsp3) is 0.667. The fourth-order valence-electron chi connectivity index (χ4n) is 6.00. The van der Waals surface area contributed by atoms with Gasteiger partial charge in [0.15, 0.2) is 6.10 Å². The fourth-order valence-corrected chi connectivity index (χ4v) is 6.00. The van der Waals surface area contributed by atoms with E-state index in [1.165, 1.54) is 6.42 Å². The molecule has 0 amide bonds. The molecule has 0 fully saturated rings. The second-order valence-electron chi connectivity index (χ2n) is 14.9. The van der Waals surface area contributed by atoms with Crippen LogP contribution in [0, 0.1) is 0 Å². The van der Waals surface area contributed by atoms with Crippen molar-refractivity contribution in [3.8, 4) is 0 Å². The summed E-state index contributed by atoms with van der Waals surface area (Å²) in [6.07, 6.45) is 57.1. The first-order valence-corrected chi connectivity index (χ1v) is 23.1. The van der Waals surface area contributed by atoms with Crippen molar-refractivity contribution in [3.63, 3.8) is 0 Å². The zero-order chi connectivity index (χ0) is 41.5. The highest BCUT2D eigenvalue weighted by molar-refractivity contribution is 5.71. The van der Waals surface area contributed by atoms with Crippen LogP contribution in [0.4, 0.5) is 0 Å². The summed E-state index contributed by atoms with van der Waals surface area (Å²) >= 11 is 0. The van der Waals surface area contributed by atoms with Crippen LogP contribution >= 0.6 is 0 Å². The van der Waals surface area contributed by atoms with Gasteiger partial charge in [0.2, 0.25) is 0 Å². The molecule has 0 aromatic rings. The number of allylic oxidation sites excluding steroid dienone is 14. The first-order valence-electron chi connectivity index (χ1n) is 23.1. The maximum Gasteiger partial charge on any atom is 0.306 e. The Bertz CT molecular complexity index is 1140. The van der Waals surface area contributed by atoms with E-state index in [4.69, 9.17) is 14.2 Å².